The van der Waals surface area contributed by atoms with Crippen LogP contribution in [0.2, 0.25) is 0 Å². The van der Waals surface area contributed by atoms with Crippen molar-refractivity contribution in [3.63, 3.8) is 0 Å². The lowest BCUT2D eigenvalue weighted by Gasteiger charge is -2.29. The van der Waals surface area contributed by atoms with Crippen LogP contribution in [-0.4, -0.2) is 31.6 Å². The molecule has 1 saturated carbocycles. The second-order valence-electron chi connectivity index (χ2n) is 7.01. The molecule has 5 rings (SSSR count). The summed E-state index contributed by atoms with van der Waals surface area (Å²) in [6, 6.07) is 5.88. The van der Waals surface area contributed by atoms with Gasteiger partial charge in [-0.25, -0.2) is 9.97 Å². The normalized spacial score (nSPS) is 17.8. The van der Waals surface area contributed by atoms with Gasteiger partial charge >= 0.3 is 0 Å². The number of H-pyrrole nitrogens is 1. The van der Waals surface area contributed by atoms with E-state index in [1.165, 1.54) is 48.0 Å². The molecular formula is C19H21N5OS. The highest BCUT2D eigenvalue weighted by molar-refractivity contribution is 7.99. The van der Waals surface area contributed by atoms with Crippen LogP contribution in [0.3, 0.4) is 0 Å². The average molecular weight is 367 g/mol. The van der Waals surface area contributed by atoms with Gasteiger partial charge in [0.2, 0.25) is 0 Å². The summed E-state index contributed by atoms with van der Waals surface area (Å²) in [5, 5.41) is 9.44. The Morgan fingerprint density at radius 1 is 1.23 bits per heavy atom. The Morgan fingerprint density at radius 3 is 2.92 bits per heavy atom. The van der Waals surface area contributed by atoms with Crippen LogP contribution in [-0.2, 0) is 19.5 Å². The molecule has 1 N–H and O–H groups in total. The van der Waals surface area contributed by atoms with Crippen molar-refractivity contribution in [1.29, 1.82) is 0 Å². The lowest BCUT2D eigenvalue weighted by molar-refractivity contribution is 0.217. The van der Waals surface area contributed by atoms with Crippen LogP contribution in [0.4, 0.5) is 0 Å². The first-order valence-electron chi connectivity index (χ1n) is 9.17. The zero-order valence-corrected chi connectivity index (χ0v) is 15.3. The second kappa shape index (κ2) is 6.89. The summed E-state index contributed by atoms with van der Waals surface area (Å²) in [5.41, 5.74) is 4.08. The number of nitrogens with zero attached hydrogens (tertiary/aromatic N) is 4. The van der Waals surface area contributed by atoms with Gasteiger partial charge in [0.15, 0.2) is 10.2 Å². The summed E-state index contributed by atoms with van der Waals surface area (Å²) < 4.78 is 5.99. The molecule has 0 atom stereocenters. The van der Waals surface area contributed by atoms with E-state index in [0.717, 1.165) is 36.9 Å². The molecule has 0 amide bonds. The average Bonchev–Trinajstić information content (AvgIpc) is 3.22. The lowest BCUT2D eigenvalue weighted by Crippen LogP contribution is -2.30. The molecule has 0 aromatic carbocycles. The predicted octanol–water partition coefficient (Wildman–Crippen LogP) is 3.77. The smallest absolute Gasteiger partial charge is 0.195 e. The van der Waals surface area contributed by atoms with Gasteiger partial charge in [0.05, 0.1) is 12.2 Å². The highest BCUT2D eigenvalue weighted by atomic mass is 32.2. The fourth-order valence-corrected chi connectivity index (χ4v) is 4.37. The molecule has 0 saturated heterocycles. The van der Waals surface area contributed by atoms with Crippen LogP contribution in [0, 0.1) is 0 Å². The Labute approximate surface area is 156 Å². The number of furan rings is 1. The van der Waals surface area contributed by atoms with Crippen LogP contribution in [0.1, 0.15) is 47.9 Å². The van der Waals surface area contributed by atoms with E-state index in [4.69, 9.17) is 4.42 Å². The highest BCUT2D eigenvalue weighted by Gasteiger charge is 2.29. The summed E-state index contributed by atoms with van der Waals surface area (Å²) in [5.74, 6) is 1.66. The molecule has 1 fully saturated rings. The van der Waals surface area contributed by atoms with Crippen molar-refractivity contribution in [1.82, 2.24) is 25.1 Å². The zero-order valence-electron chi connectivity index (χ0n) is 14.5. The molecule has 3 aromatic rings. The third kappa shape index (κ3) is 3.17. The number of nitrogens with one attached hydrogen (secondary N) is 1. The van der Waals surface area contributed by atoms with Gasteiger partial charge in [0.25, 0.3) is 0 Å². The van der Waals surface area contributed by atoms with Gasteiger partial charge in [0, 0.05) is 49.1 Å². The van der Waals surface area contributed by atoms with E-state index in [1.54, 1.807) is 12.4 Å². The maximum Gasteiger partial charge on any atom is 0.195 e. The molecule has 26 heavy (non-hydrogen) atoms. The summed E-state index contributed by atoms with van der Waals surface area (Å²) in [7, 11) is 0. The molecule has 6 nitrogen and oxygen atoms in total. The first kappa shape index (κ1) is 16.1. The third-order valence-electron chi connectivity index (χ3n) is 5.29. The molecule has 0 spiro atoms. The number of hydrogen-bond donors (Lipinski definition) is 1. The molecule has 3 aromatic heterocycles. The summed E-state index contributed by atoms with van der Waals surface area (Å²) >= 11 is 1.45. The van der Waals surface area contributed by atoms with Gasteiger partial charge in [-0.05, 0) is 42.8 Å². The SMILES string of the molecule is c1cnc(Sc2ccc(CN3CCc4[nH]nc(C5CCC5)c4C3)o2)nc1. The van der Waals surface area contributed by atoms with Gasteiger partial charge in [-0.1, -0.05) is 6.42 Å². The fourth-order valence-electron chi connectivity index (χ4n) is 3.67. The number of aromatic nitrogens is 4. The van der Waals surface area contributed by atoms with Crippen molar-refractivity contribution >= 4 is 11.8 Å². The lowest BCUT2D eigenvalue weighted by atomic mass is 9.81. The minimum Gasteiger partial charge on any atom is -0.453 e. The van der Waals surface area contributed by atoms with Crippen LogP contribution in [0.5, 0.6) is 0 Å². The number of fused-ring (bicyclic) bond motifs is 1. The number of aromatic amines is 1. The Morgan fingerprint density at radius 2 is 2.12 bits per heavy atom. The molecule has 0 unspecified atom stereocenters. The van der Waals surface area contributed by atoms with E-state index in [2.05, 4.69) is 31.1 Å². The van der Waals surface area contributed by atoms with E-state index >= 15 is 0 Å². The Bertz CT molecular complexity index is 886. The summed E-state index contributed by atoms with van der Waals surface area (Å²) in [4.78, 5) is 10.9. The minimum atomic E-state index is 0.674. The van der Waals surface area contributed by atoms with Crippen molar-refractivity contribution in [2.75, 3.05) is 6.54 Å². The van der Waals surface area contributed by atoms with E-state index in [-0.39, 0.29) is 0 Å². The van der Waals surface area contributed by atoms with Gasteiger partial charge in [-0.2, -0.15) is 5.10 Å². The van der Waals surface area contributed by atoms with Crippen molar-refractivity contribution in [3.8, 4) is 0 Å². The standard InChI is InChI=1S/C19H21N5OS/c1-3-13(4-1)18-15-12-24(10-7-16(15)22-23-18)11-14-5-6-17(25-14)26-19-20-8-2-9-21-19/h2,5-6,8-9,13H,1,3-4,7,10-12H2,(H,22,23). The Hall–Kier alpha value is -2.12. The van der Waals surface area contributed by atoms with Crippen molar-refractivity contribution in [2.24, 2.45) is 0 Å². The fraction of sp³-hybridized carbons (Fsp3) is 0.421. The van der Waals surface area contributed by atoms with E-state index in [9.17, 15) is 0 Å². The van der Waals surface area contributed by atoms with Gasteiger partial charge in [-0.15, -0.1) is 0 Å². The van der Waals surface area contributed by atoms with Crippen LogP contribution < -0.4 is 0 Å². The monoisotopic (exact) mass is 367 g/mol. The van der Waals surface area contributed by atoms with Crippen LogP contribution >= 0.6 is 11.8 Å². The quantitative estimate of drug-likeness (QED) is 0.692. The van der Waals surface area contributed by atoms with E-state index < -0.39 is 0 Å². The van der Waals surface area contributed by atoms with Crippen LogP contribution in [0.25, 0.3) is 0 Å². The maximum absolute atomic E-state index is 5.99. The molecule has 4 heterocycles. The maximum atomic E-state index is 5.99. The van der Waals surface area contributed by atoms with E-state index in [0.29, 0.717) is 11.1 Å². The third-order valence-corrected chi connectivity index (χ3v) is 6.10. The van der Waals surface area contributed by atoms with Gasteiger partial charge in [-0.3, -0.25) is 10.00 Å². The molecule has 1 aliphatic carbocycles. The first-order valence-corrected chi connectivity index (χ1v) is 9.99. The first-order chi connectivity index (χ1) is 12.8. The Balaban J connectivity index is 1.25. The summed E-state index contributed by atoms with van der Waals surface area (Å²) in [6.45, 7) is 2.82. The predicted molar refractivity (Wildman–Crippen MR) is 97.9 cm³/mol. The molecule has 0 radical (unpaired) electrons. The number of hydrogen-bond acceptors (Lipinski definition) is 6. The van der Waals surface area contributed by atoms with Gasteiger partial charge < -0.3 is 4.42 Å². The van der Waals surface area contributed by atoms with Crippen molar-refractivity contribution in [3.05, 3.63) is 53.3 Å². The molecule has 1 aliphatic heterocycles. The van der Waals surface area contributed by atoms with Crippen molar-refractivity contribution in [2.45, 2.75) is 54.9 Å². The largest absolute Gasteiger partial charge is 0.453 e. The molecule has 2 aliphatic rings. The molecule has 134 valence electrons. The molecule has 0 bridgehead atoms. The zero-order chi connectivity index (χ0) is 17.3. The minimum absolute atomic E-state index is 0.674. The van der Waals surface area contributed by atoms with Crippen molar-refractivity contribution < 1.29 is 4.42 Å². The van der Waals surface area contributed by atoms with Crippen LogP contribution in [0.15, 0.2) is 45.3 Å². The Kier molecular flexibility index (Phi) is 4.26. The molecular weight excluding hydrogens is 346 g/mol. The molecule has 7 heteroatoms. The number of rotatable bonds is 5. The van der Waals surface area contributed by atoms with E-state index in [1.807, 2.05) is 12.1 Å². The topological polar surface area (TPSA) is 70.8 Å². The second-order valence-corrected chi connectivity index (χ2v) is 7.98. The highest BCUT2D eigenvalue weighted by Crippen LogP contribution is 2.39. The summed E-state index contributed by atoms with van der Waals surface area (Å²) in [6.07, 6.45) is 8.45. The van der Waals surface area contributed by atoms with Gasteiger partial charge in [0.1, 0.15) is 5.76 Å².